The van der Waals surface area contributed by atoms with Crippen molar-refractivity contribution in [3.63, 3.8) is 0 Å². The topological polar surface area (TPSA) is 501 Å². The zero-order chi connectivity index (χ0) is 68.4. The fraction of sp³-hybridized carbons (Fsp3) is 0. The van der Waals surface area contributed by atoms with Crippen molar-refractivity contribution in [2.75, 3.05) is 0 Å². The molecule has 12 aromatic rings. The minimum absolute atomic E-state index is 0. The normalized spacial score (nSPS) is 8.92. The van der Waals surface area contributed by atoms with Gasteiger partial charge < -0.3 is 70.4 Å². The van der Waals surface area contributed by atoms with Crippen LogP contribution in [0.2, 0.25) is 0 Å². The molecule has 486 valence electrons. The first-order valence-corrected chi connectivity index (χ1v) is 26.8. The summed E-state index contributed by atoms with van der Waals surface area (Å²) in [5.74, 6) is -7.36. The van der Waals surface area contributed by atoms with Crippen molar-refractivity contribution in [1.29, 1.82) is 31.6 Å². The molecule has 0 spiro atoms. The Bertz CT molecular complexity index is 4190. The van der Waals surface area contributed by atoms with Crippen LogP contribution < -0.4 is 30.6 Å². The van der Waals surface area contributed by atoms with Crippen molar-refractivity contribution < 1.29 is 147 Å². The Balaban J connectivity index is 0.000000558. The molecule has 4 aromatic heterocycles. The SMILES string of the molecule is N#Cc1ccc(C(=O)[O-])cc1.N#Cc1ccc(C(=O)[O-])cc1.N#Cc1ccc(C(=O)[O-])cc1.N#Cc1ccc(C(=O)[O-])cc1.N#Cc1ccc(C(=O)[O-])cc1.N#Cc1ccc(C(=O)[O-])cc1.[Dy+3].[Dy+3].[OH3+].[OH3+].c1cnc2c(c1)ccc1cccnc12.c1cnc2c(c1)ccc1cccnc12. The number of nitriles is 6. The average molecular weight is 1600 g/mol. The van der Waals surface area contributed by atoms with Crippen molar-refractivity contribution in [3.05, 3.63) is 310 Å². The van der Waals surface area contributed by atoms with Crippen LogP contribution in [-0.4, -0.2) is 55.8 Å². The number of carbonyl (C=O) groups excluding carboxylic acids is 6. The van der Waals surface area contributed by atoms with Crippen LogP contribution >= 0.6 is 0 Å². The molecule has 0 bridgehead atoms. The van der Waals surface area contributed by atoms with Gasteiger partial charge in [-0.2, -0.15) is 31.6 Å². The standard InChI is InChI=1S/2C12H8N2.6C8H5NO2.2Dy.2H2O/c2*1-3-9-5-6-10-4-2-8-14-12(10)11(9)13-7-1;6*9-5-6-1-3-7(4-2-6)8(10)11;;;;/h2*1-8H;6*1-4H,(H,10,11);;;2*1H2/q;;;;;;;;2*+3;;/p-4. The Hall–Kier alpha value is -12.4. The third-order valence-corrected chi connectivity index (χ3v) is 12.2. The summed E-state index contributed by atoms with van der Waals surface area (Å²) in [6.07, 6.45) is 7.21. The zero-order valence-corrected chi connectivity index (χ0v) is 54.3. The number of aromatic carboxylic acids is 6. The third kappa shape index (κ3) is 26.9. The van der Waals surface area contributed by atoms with Gasteiger partial charge in [0, 0.05) is 46.3 Å². The summed E-state index contributed by atoms with van der Waals surface area (Å²) in [6, 6.07) is 68.9. The predicted octanol–water partition coefficient (Wildman–Crippen LogP) is 3.25. The maximum Gasteiger partial charge on any atom is 3.00 e. The van der Waals surface area contributed by atoms with Gasteiger partial charge in [-0.1, -0.05) is 121 Å². The summed E-state index contributed by atoms with van der Waals surface area (Å²) >= 11 is 0. The minimum atomic E-state index is -1.23. The fourth-order valence-electron chi connectivity index (χ4n) is 7.44. The number of aromatic nitrogens is 4. The molecule has 4 heterocycles. The number of benzene rings is 8. The minimum Gasteiger partial charge on any atom is -0.545 e. The van der Waals surface area contributed by atoms with E-state index in [9.17, 15) is 59.4 Å². The maximum atomic E-state index is 10.2. The van der Waals surface area contributed by atoms with Crippen molar-refractivity contribution in [2.45, 2.75) is 0 Å². The quantitative estimate of drug-likeness (QED) is 0.170. The number of carboxylic acids is 6. The Morgan fingerprint density at radius 1 is 0.235 bits per heavy atom. The van der Waals surface area contributed by atoms with Gasteiger partial charge in [-0.15, -0.1) is 0 Å². The molecule has 0 fully saturated rings. The van der Waals surface area contributed by atoms with Crippen molar-refractivity contribution in [2.24, 2.45) is 0 Å². The second kappa shape index (κ2) is 44.3. The van der Waals surface area contributed by atoms with Crippen molar-refractivity contribution in [1.82, 2.24) is 19.9 Å². The molecule has 0 unspecified atom stereocenters. The number of fused-ring (bicyclic) bond motifs is 6. The van der Waals surface area contributed by atoms with E-state index in [1.54, 1.807) is 24.8 Å². The van der Waals surface area contributed by atoms with Gasteiger partial charge in [0.25, 0.3) is 0 Å². The van der Waals surface area contributed by atoms with Crippen LogP contribution in [0.4, 0.5) is 0 Å². The number of hydrogen-bond donors (Lipinski definition) is 0. The molecule has 0 saturated carbocycles. The second-order valence-corrected chi connectivity index (χ2v) is 18.3. The third-order valence-electron chi connectivity index (χ3n) is 12.2. The maximum absolute atomic E-state index is 10.2. The van der Waals surface area contributed by atoms with Gasteiger partial charge in [-0.05, 0) is 130 Å². The number of rotatable bonds is 6. The van der Waals surface area contributed by atoms with E-state index in [0.717, 1.165) is 43.6 Å². The first-order chi connectivity index (χ1) is 45.3. The first kappa shape index (κ1) is 83.6. The zero-order valence-electron chi connectivity index (χ0n) is 50.3. The summed E-state index contributed by atoms with van der Waals surface area (Å²) in [7, 11) is 0. The average Bonchev–Trinajstić information content (AvgIpc) is 0.807. The Morgan fingerprint density at radius 2 is 0.367 bits per heavy atom. The molecule has 24 nitrogen and oxygen atoms in total. The Morgan fingerprint density at radius 3 is 0.480 bits per heavy atom. The van der Waals surface area contributed by atoms with Crippen LogP contribution in [0.15, 0.2) is 243 Å². The van der Waals surface area contributed by atoms with Crippen LogP contribution in [0.25, 0.3) is 43.6 Å². The molecule has 0 amide bonds. The molecule has 0 aliphatic heterocycles. The summed E-state index contributed by atoms with van der Waals surface area (Å²) < 4.78 is 0. The molecular weight excluding hydrogens is 1550 g/mol. The second-order valence-electron chi connectivity index (χ2n) is 18.3. The fourth-order valence-corrected chi connectivity index (χ4v) is 7.44. The molecule has 0 saturated heterocycles. The first-order valence-electron chi connectivity index (χ1n) is 26.8. The molecule has 8 aromatic carbocycles. The molecule has 0 aliphatic carbocycles. The van der Waals surface area contributed by atoms with Crippen molar-refractivity contribution in [3.8, 4) is 36.4 Å². The number of nitrogens with zero attached hydrogens (tertiary/aromatic N) is 10. The number of pyridine rings is 4. The molecular formula is C72H46Dy2N10O14+2. The van der Waals surface area contributed by atoms with Gasteiger partial charge in [0.1, 0.15) is 0 Å². The Labute approximate surface area is 618 Å². The number of carboxylic acid groups (broad SMARTS) is 6. The number of carbonyl (C=O) groups is 6. The van der Waals surface area contributed by atoms with Crippen LogP contribution in [-0.2, 0) is 11.0 Å². The molecule has 0 aliphatic rings. The van der Waals surface area contributed by atoms with E-state index in [-0.39, 0.29) is 121 Å². The van der Waals surface area contributed by atoms with Crippen molar-refractivity contribution >= 4 is 79.4 Å². The van der Waals surface area contributed by atoms with E-state index in [1.807, 2.05) is 60.7 Å². The van der Waals surface area contributed by atoms with E-state index in [4.69, 9.17) is 31.6 Å². The predicted molar refractivity (Wildman–Crippen MR) is 337 cm³/mol. The van der Waals surface area contributed by atoms with Crippen LogP contribution in [0.3, 0.4) is 0 Å². The summed E-state index contributed by atoms with van der Waals surface area (Å²) in [4.78, 5) is 78.6. The van der Waals surface area contributed by atoms with Gasteiger partial charge in [-0.3, -0.25) is 19.9 Å². The van der Waals surface area contributed by atoms with Gasteiger partial charge in [0.2, 0.25) is 0 Å². The van der Waals surface area contributed by atoms with Crippen LogP contribution in [0, 0.1) is 144 Å². The van der Waals surface area contributed by atoms with Gasteiger partial charge in [-0.25, -0.2) is 0 Å². The van der Waals surface area contributed by atoms with E-state index >= 15 is 0 Å². The number of hydrogen-bond acceptors (Lipinski definition) is 22. The molecule has 12 rings (SSSR count). The van der Waals surface area contributed by atoms with E-state index in [0.29, 0.717) is 33.4 Å². The smallest absolute Gasteiger partial charge is 0.545 e. The van der Waals surface area contributed by atoms with E-state index in [2.05, 4.69) is 68.5 Å². The molecule has 0 atom stereocenters. The van der Waals surface area contributed by atoms with Crippen LogP contribution in [0.1, 0.15) is 95.5 Å². The van der Waals surface area contributed by atoms with Gasteiger partial charge in [0.05, 0.1) is 128 Å². The Kier molecular flexibility index (Phi) is 37.8. The molecule has 26 heteroatoms. The molecule has 2 radical (unpaired) electrons. The van der Waals surface area contributed by atoms with Crippen LogP contribution in [0.5, 0.6) is 0 Å². The summed E-state index contributed by atoms with van der Waals surface area (Å²) in [5, 5.41) is 116. The van der Waals surface area contributed by atoms with E-state index < -0.39 is 35.8 Å². The summed E-state index contributed by atoms with van der Waals surface area (Å²) in [5.41, 5.74) is 7.07. The molecule has 98 heavy (non-hydrogen) atoms. The molecule has 6 N–H and O–H groups in total. The monoisotopic (exact) mass is 1600 g/mol. The van der Waals surface area contributed by atoms with Gasteiger partial charge in [0.15, 0.2) is 0 Å². The largest absolute Gasteiger partial charge is 3.00 e. The summed E-state index contributed by atoms with van der Waals surface area (Å²) in [6.45, 7) is 0. The van der Waals surface area contributed by atoms with Gasteiger partial charge >= 0.3 is 76.3 Å². The van der Waals surface area contributed by atoms with E-state index in [1.165, 1.54) is 146 Å².